The molecule has 1 aromatic rings. The van der Waals surface area contributed by atoms with Crippen molar-refractivity contribution in [3.05, 3.63) is 35.9 Å². The van der Waals surface area contributed by atoms with E-state index in [9.17, 15) is 4.79 Å². The van der Waals surface area contributed by atoms with E-state index in [1.165, 1.54) is 18.4 Å². The number of hydrogen-bond acceptors (Lipinski definition) is 3. The van der Waals surface area contributed by atoms with Gasteiger partial charge in [0.05, 0.1) is 0 Å². The number of rotatable bonds is 10. The number of likely N-dealkylation sites (tertiary alicyclic amines) is 1. The van der Waals surface area contributed by atoms with Gasteiger partial charge in [-0.3, -0.25) is 9.69 Å². The number of nitrogens with two attached hydrogens (primary N) is 1. The van der Waals surface area contributed by atoms with Gasteiger partial charge in [0.1, 0.15) is 0 Å². The van der Waals surface area contributed by atoms with Crippen LogP contribution in [0, 0.1) is 0 Å². The predicted octanol–water partition coefficient (Wildman–Crippen LogP) is 3.52. The molecule has 3 N–H and O–H groups in total. The standard InChI is InChI=1S/C19H31N3O.2ClH/c20-13-7-2-1-6-12-19(23)21-15-18-11-8-14-22(18)16-17-9-4-3-5-10-17;;/h3-5,9-10,18H,1-2,6-8,11-16,20H2,(H,21,23);2*1H. The molecule has 0 spiro atoms. The summed E-state index contributed by atoms with van der Waals surface area (Å²) in [6, 6.07) is 11.1. The van der Waals surface area contributed by atoms with Crippen molar-refractivity contribution in [1.82, 2.24) is 10.2 Å². The Kier molecular flexibility index (Phi) is 13.9. The van der Waals surface area contributed by atoms with E-state index in [1.807, 2.05) is 0 Å². The van der Waals surface area contributed by atoms with Crippen LogP contribution in [0.15, 0.2) is 30.3 Å². The third-order valence-corrected chi connectivity index (χ3v) is 4.62. The summed E-state index contributed by atoms with van der Waals surface area (Å²) in [4.78, 5) is 14.4. The molecule has 6 heteroatoms. The zero-order valence-corrected chi connectivity index (χ0v) is 16.6. The van der Waals surface area contributed by atoms with Gasteiger partial charge in [-0.1, -0.05) is 43.2 Å². The van der Waals surface area contributed by atoms with Crippen LogP contribution in [0.4, 0.5) is 0 Å². The summed E-state index contributed by atoms with van der Waals surface area (Å²) in [6.07, 6.45) is 7.35. The van der Waals surface area contributed by atoms with E-state index in [0.717, 1.165) is 51.9 Å². The highest BCUT2D eigenvalue weighted by Gasteiger charge is 2.24. The van der Waals surface area contributed by atoms with Crippen LogP contribution in [-0.2, 0) is 11.3 Å². The van der Waals surface area contributed by atoms with Crippen LogP contribution in [0.25, 0.3) is 0 Å². The molecule has 1 amide bonds. The number of nitrogens with zero attached hydrogens (tertiary/aromatic N) is 1. The Balaban J connectivity index is 0.00000288. The maximum Gasteiger partial charge on any atom is 0.220 e. The number of carbonyl (C=O) groups is 1. The molecule has 0 aliphatic carbocycles. The maximum absolute atomic E-state index is 11.9. The van der Waals surface area contributed by atoms with Crippen molar-refractivity contribution in [2.24, 2.45) is 5.73 Å². The summed E-state index contributed by atoms with van der Waals surface area (Å²) in [6.45, 7) is 3.66. The molecular weight excluding hydrogens is 357 g/mol. The molecule has 0 saturated carbocycles. The number of halogens is 2. The van der Waals surface area contributed by atoms with Crippen molar-refractivity contribution in [3.63, 3.8) is 0 Å². The fourth-order valence-corrected chi connectivity index (χ4v) is 3.26. The number of benzene rings is 1. The van der Waals surface area contributed by atoms with Crippen molar-refractivity contribution >= 4 is 30.7 Å². The molecule has 0 bridgehead atoms. The summed E-state index contributed by atoms with van der Waals surface area (Å²) >= 11 is 0. The van der Waals surface area contributed by atoms with Crippen molar-refractivity contribution in [1.29, 1.82) is 0 Å². The highest BCUT2D eigenvalue weighted by molar-refractivity contribution is 5.85. The topological polar surface area (TPSA) is 58.4 Å². The fraction of sp³-hybridized carbons (Fsp3) is 0.632. The highest BCUT2D eigenvalue weighted by atomic mass is 35.5. The molecule has 1 aliphatic heterocycles. The SMILES string of the molecule is Cl.Cl.NCCCCCCC(=O)NCC1CCCN1Cc1ccccc1. The van der Waals surface area contributed by atoms with Crippen molar-refractivity contribution in [3.8, 4) is 0 Å². The van der Waals surface area contributed by atoms with Gasteiger partial charge < -0.3 is 11.1 Å². The van der Waals surface area contributed by atoms with Crippen molar-refractivity contribution in [2.75, 3.05) is 19.6 Å². The minimum atomic E-state index is 0. The lowest BCUT2D eigenvalue weighted by Gasteiger charge is -2.24. The van der Waals surface area contributed by atoms with E-state index in [1.54, 1.807) is 0 Å². The maximum atomic E-state index is 11.9. The first kappa shape index (κ1) is 24.2. The molecule has 4 nitrogen and oxygen atoms in total. The van der Waals surface area contributed by atoms with E-state index >= 15 is 0 Å². The Labute approximate surface area is 164 Å². The molecule has 1 fully saturated rings. The molecule has 25 heavy (non-hydrogen) atoms. The van der Waals surface area contributed by atoms with Gasteiger partial charge in [0.15, 0.2) is 0 Å². The summed E-state index contributed by atoms with van der Waals surface area (Å²) in [5.41, 5.74) is 6.82. The lowest BCUT2D eigenvalue weighted by atomic mass is 10.1. The van der Waals surface area contributed by atoms with Gasteiger partial charge in [0, 0.05) is 25.6 Å². The van der Waals surface area contributed by atoms with Gasteiger partial charge in [0.2, 0.25) is 5.91 Å². The van der Waals surface area contributed by atoms with Crippen LogP contribution in [0.2, 0.25) is 0 Å². The van der Waals surface area contributed by atoms with Crippen molar-refractivity contribution < 1.29 is 4.79 Å². The van der Waals surface area contributed by atoms with Crippen LogP contribution in [-0.4, -0.2) is 36.5 Å². The predicted molar refractivity (Wildman–Crippen MR) is 110 cm³/mol. The van der Waals surface area contributed by atoms with Crippen molar-refractivity contribution in [2.45, 2.75) is 57.5 Å². The zero-order valence-electron chi connectivity index (χ0n) is 15.0. The summed E-state index contributed by atoms with van der Waals surface area (Å²) in [7, 11) is 0. The zero-order chi connectivity index (χ0) is 16.3. The third kappa shape index (κ3) is 9.45. The normalized spacial score (nSPS) is 16.8. The van der Waals surface area contributed by atoms with Gasteiger partial charge in [0.25, 0.3) is 0 Å². The first-order chi connectivity index (χ1) is 11.3. The van der Waals surface area contributed by atoms with Gasteiger partial charge in [-0.2, -0.15) is 0 Å². The Morgan fingerprint density at radius 1 is 1.12 bits per heavy atom. The molecule has 1 heterocycles. The quantitative estimate of drug-likeness (QED) is 0.601. The molecular formula is C19H33Cl2N3O. The number of amides is 1. The van der Waals surface area contributed by atoms with E-state index in [0.29, 0.717) is 12.5 Å². The largest absolute Gasteiger partial charge is 0.355 e. The van der Waals surface area contributed by atoms with E-state index in [4.69, 9.17) is 5.73 Å². The van der Waals surface area contributed by atoms with E-state index in [2.05, 4.69) is 40.5 Å². The Morgan fingerprint density at radius 3 is 2.56 bits per heavy atom. The van der Waals surface area contributed by atoms with Crippen LogP contribution in [0.1, 0.15) is 50.5 Å². The van der Waals surface area contributed by atoms with Crippen LogP contribution in [0.3, 0.4) is 0 Å². The van der Waals surface area contributed by atoms with E-state index in [-0.39, 0.29) is 30.7 Å². The molecule has 0 aromatic heterocycles. The molecule has 0 radical (unpaired) electrons. The molecule has 1 aliphatic rings. The molecule has 1 unspecified atom stereocenters. The second kappa shape index (κ2) is 14.4. The lowest BCUT2D eigenvalue weighted by Crippen LogP contribution is -2.39. The van der Waals surface area contributed by atoms with Crippen LogP contribution >= 0.6 is 24.8 Å². The average molecular weight is 390 g/mol. The average Bonchev–Trinajstić information content (AvgIpc) is 3.01. The molecule has 1 atom stereocenters. The molecule has 144 valence electrons. The molecule has 1 aromatic carbocycles. The Morgan fingerprint density at radius 2 is 1.84 bits per heavy atom. The smallest absolute Gasteiger partial charge is 0.220 e. The summed E-state index contributed by atoms with van der Waals surface area (Å²) in [5.74, 6) is 0.198. The van der Waals surface area contributed by atoms with Gasteiger partial charge in [-0.15, -0.1) is 24.8 Å². The highest BCUT2D eigenvalue weighted by Crippen LogP contribution is 2.19. The number of unbranched alkanes of at least 4 members (excludes halogenated alkanes) is 3. The summed E-state index contributed by atoms with van der Waals surface area (Å²) in [5, 5.41) is 3.13. The number of carbonyl (C=O) groups excluding carboxylic acids is 1. The minimum absolute atomic E-state index is 0. The van der Waals surface area contributed by atoms with Gasteiger partial charge in [-0.25, -0.2) is 0 Å². The molecule has 2 rings (SSSR count). The first-order valence-electron chi connectivity index (χ1n) is 9.04. The van der Waals surface area contributed by atoms with Crippen LogP contribution < -0.4 is 11.1 Å². The second-order valence-electron chi connectivity index (χ2n) is 6.51. The second-order valence-corrected chi connectivity index (χ2v) is 6.51. The van der Waals surface area contributed by atoms with Crippen LogP contribution in [0.5, 0.6) is 0 Å². The number of nitrogens with one attached hydrogen (secondary N) is 1. The van der Waals surface area contributed by atoms with Gasteiger partial charge in [-0.05, 0) is 44.3 Å². The number of hydrogen-bond donors (Lipinski definition) is 2. The fourth-order valence-electron chi connectivity index (χ4n) is 3.26. The Bertz CT molecular complexity index is 459. The Hall–Kier alpha value is -0.810. The summed E-state index contributed by atoms with van der Waals surface area (Å²) < 4.78 is 0. The third-order valence-electron chi connectivity index (χ3n) is 4.62. The monoisotopic (exact) mass is 389 g/mol. The minimum Gasteiger partial charge on any atom is -0.355 e. The van der Waals surface area contributed by atoms with Gasteiger partial charge >= 0.3 is 0 Å². The lowest BCUT2D eigenvalue weighted by molar-refractivity contribution is -0.121. The first-order valence-corrected chi connectivity index (χ1v) is 9.04. The van der Waals surface area contributed by atoms with E-state index < -0.39 is 0 Å². The molecule has 1 saturated heterocycles.